The molecule has 0 aliphatic rings. The standard InChI is InChI=1S/C31H43F3N4O/c1-8-9-13-26(22-37-25(4)31(32,33)34)14-10-11-17-30(5,18-12-19-39-24(2)3)23-38(7)29-20-27(21-35)15-16-28(29)36-6/h9,13,15-16,20,22H,2,6,8,10-12,14,17-19,23H2,1,3-5,7H3/b13-9-,26-22+,37-25+. The summed E-state index contributed by atoms with van der Waals surface area (Å²) < 4.78 is 44.2. The van der Waals surface area contributed by atoms with Crippen molar-refractivity contribution in [3.8, 4) is 6.07 Å². The van der Waals surface area contributed by atoms with Crippen LogP contribution in [0.3, 0.4) is 0 Å². The molecule has 0 saturated carbocycles. The molecule has 1 rings (SSSR count). The first-order valence-electron chi connectivity index (χ1n) is 13.3. The molecular weight excluding hydrogens is 501 g/mol. The first-order valence-corrected chi connectivity index (χ1v) is 13.3. The molecule has 0 spiro atoms. The van der Waals surface area contributed by atoms with Crippen molar-refractivity contribution < 1.29 is 17.9 Å². The van der Waals surface area contributed by atoms with Gasteiger partial charge in [-0.2, -0.15) is 18.4 Å². The van der Waals surface area contributed by atoms with Crippen LogP contribution in [0.4, 0.5) is 24.5 Å². The highest BCUT2D eigenvalue weighted by atomic mass is 19.4. The van der Waals surface area contributed by atoms with Crippen molar-refractivity contribution >= 4 is 23.8 Å². The Morgan fingerprint density at radius 1 is 1.18 bits per heavy atom. The molecule has 0 N–H and O–H groups in total. The summed E-state index contributed by atoms with van der Waals surface area (Å²) in [5, 5.41) is 9.37. The van der Waals surface area contributed by atoms with Crippen LogP contribution in [0.2, 0.25) is 0 Å². The van der Waals surface area contributed by atoms with E-state index < -0.39 is 11.9 Å². The lowest BCUT2D eigenvalue weighted by Crippen LogP contribution is -2.34. The second-order valence-electron chi connectivity index (χ2n) is 10.2. The van der Waals surface area contributed by atoms with Crippen LogP contribution < -0.4 is 4.90 Å². The van der Waals surface area contributed by atoms with E-state index in [-0.39, 0.29) is 5.41 Å². The van der Waals surface area contributed by atoms with Crippen molar-refractivity contribution in [1.82, 2.24) is 0 Å². The van der Waals surface area contributed by atoms with Gasteiger partial charge in [0.15, 0.2) is 0 Å². The Balaban J connectivity index is 3.01. The van der Waals surface area contributed by atoms with E-state index in [1.54, 1.807) is 12.1 Å². The molecule has 5 nitrogen and oxygen atoms in total. The molecule has 0 radical (unpaired) electrons. The number of benzene rings is 1. The number of unbranched alkanes of at least 4 members (excludes halogenated alkanes) is 1. The number of ether oxygens (including phenoxy) is 1. The third-order valence-corrected chi connectivity index (χ3v) is 6.48. The minimum absolute atomic E-state index is 0.0809. The van der Waals surface area contributed by atoms with Gasteiger partial charge in [0.2, 0.25) is 0 Å². The summed E-state index contributed by atoms with van der Waals surface area (Å²) in [6, 6.07) is 7.55. The molecule has 0 bridgehead atoms. The van der Waals surface area contributed by atoms with Crippen molar-refractivity contribution in [3.05, 3.63) is 60.0 Å². The number of allylic oxidation sites excluding steroid dienone is 4. The van der Waals surface area contributed by atoms with Gasteiger partial charge in [-0.15, -0.1) is 0 Å². The maximum Gasteiger partial charge on any atom is 0.429 e. The predicted octanol–water partition coefficient (Wildman–Crippen LogP) is 9.10. The monoisotopic (exact) mass is 544 g/mol. The Morgan fingerprint density at radius 2 is 1.87 bits per heavy atom. The van der Waals surface area contributed by atoms with Crippen LogP contribution in [0, 0.1) is 16.7 Å². The fraction of sp³-hybridized carbons (Fsp3) is 0.516. The normalized spacial score (nSPS) is 14.1. The van der Waals surface area contributed by atoms with Gasteiger partial charge in [-0.1, -0.05) is 39.0 Å². The van der Waals surface area contributed by atoms with Gasteiger partial charge in [-0.25, -0.2) is 0 Å². The van der Waals surface area contributed by atoms with Crippen LogP contribution >= 0.6 is 0 Å². The zero-order chi connectivity index (χ0) is 29.5. The number of hydrogen-bond donors (Lipinski definition) is 0. The Morgan fingerprint density at radius 3 is 2.46 bits per heavy atom. The van der Waals surface area contributed by atoms with Crippen molar-refractivity contribution in [3.63, 3.8) is 0 Å². The van der Waals surface area contributed by atoms with Crippen molar-refractivity contribution in [2.24, 2.45) is 15.4 Å². The van der Waals surface area contributed by atoms with Gasteiger partial charge in [0.25, 0.3) is 0 Å². The molecule has 0 saturated heterocycles. The van der Waals surface area contributed by atoms with E-state index in [1.807, 2.05) is 39.1 Å². The molecule has 0 aliphatic heterocycles. The summed E-state index contributed by atoms with van der Waals surface area (Å²) in [6.07, 6.45) is 6.55. The molecule has 39 heavy (non-hydrogen) atoms. The minimum Gasteiger partial charge on any atom is -0.499 e. The average Bonchev–Trinajstić information content (AvgIpc) is 2.88. The van der Waals surface area contributed by atoms with Gasteiger partial charge in [-0.3, -0.25) is 9.98 Å². The van der Waals surface area contributed by atoms with Crippen LogP contribution in [0.25, 0.3) is 0 Å². The first-order chi connectivity index (χ1) is 18.3. The largest absolute Gasteiger partial charge is 0.499 e. The summed E-state index contributed by atoms with van der Waals surface area (Å²) >= 11 is 0. The molecule has 0 heterocycles. The molecule has 0 aliphatic carbocycles. The summed E-state index contributed by atoms with van der Waals surface area (Å²) in [5.74, 6) is 0.687. The van der Waals surface area contributed by atoms with Gasteiger partial charge in [0.1, 0.15) is 5.71 Å². The van der Waals surface area contributed by atoms with E-state index in [1.165, 1.54) is 6.20 Å². The van der Waals surface area contributed by atoms with E-state index in [9.17, 15) is 18.4 Å². The quantitative estimate of drug-likeness (QED) is 0.0850. The van der Waals surface area contributed by atoms with Crippen molar-refractivity contribution in [2.45, 2.75) is 78.8 Å². The molecule has 0 amide bonds. The Hall–Kier alpha value is -3.34. The SMILES string of the molecule is C=Nc1ccc(C#N)cc1N(C)CC(C)(CCCCC(/C=C\CC)=C/N=C(\C)C(F)(F)F)CCCOC(=C)C. The lowest BCUT2D eigenvalue weighted by atomic mass is 9.79. The van der Waals surface area contributed by atoms with E-state index in [0.29, 0.717) is 24.4 Å². The van der Waals surface area contributed by atoms with Gasteiger partial charge in [-0.05, 0) is 88.3 Å². The van der Waals surface area contributed by atoms with Crippen LogP contribution in [-0.4, -0.2) is 38.8 Å². The van der Waals surface area contributed by atoms with Crippen molar-refractivity contribution in [2.75, 3.05) is 25.1 Å². The zero-order valence-corrected chi connectivity index (χ0v) is 24.1. The Kier molecular flexibility index (Phi) is 14.3. The first kappa shape index (κ1) is 33.7. The fourth-order valence-electron chi connectivity index (χ4n) is 4.31. The number of halogens is 3. The van der Waals surface area contributed by atoms with Gasteiger partial charge < -0.3 is 9.64 Å². The van der Waals surface area contributed by atoms with Crippen LogP contribution in [0.1, 0.15) is 78.2 Å². The molecule has 0 aromatic heterocycles. The highest BCUT2D eigenvalue weighted by molar-refractivity contribution is 5.87. The van der Waals surface area contributed by atoms with Crippen LogP contribution in [-0.2, 0) is 4.74 Å². The maximum atomic E-state index is 12.9. The summed E-state index contributed by atoms with van der Waals surface area (Å²) in [5.41, 5.74) is 1.97. The number of hydrogen-bond acceptors (Lipinski definition) is 5. The summed E-state index contributed by atoms with van der Waals surface area (Å²) in [4.78, 5) is 9.91. The average molecular weight is 545 g/mol. The van der Waals surface area contributed by atoms with E-state index in [4.69, 9.17) is 4.74 Å². The summed E-state index contributed by atoms with van der Waals surface area (Å²) in [6.45, 7) is 15.8. The van der Waals surface area contributed by atoms with E-state index in [2.05, 4.69) is 41.2 Å². The maximum absolute atomic E-state index is 12.9. The number of anilines is 1. The Bertz CT molecular complexity index is 1080. The number of nitrogens with zero attached hydrogens (tertiary/aromatic N) is 4. The summed E-state index contributed by atoms with van der Waals surface area (Å²) in [7, 11) is 1.99. The van der Waals surface area contributed by atoms with E-state index in [0.717, 1.165) is 68.9 Å². The molecule has 1 aromatic rings. The minimum atomic E-state index is -4.43. The molecule has 1 atom stereocenters. The van der Waals surface area contributed by atoms with Gasteiger partial charge >= 0.3 is 6.18 Å². The molecule has 1 unspecified atom stereocenters. The molecule has 0 fully saturated rings. The molecule has 8 heteroatoms. The van der Waals surface area contributed by atoms with E-state index >= 15 is 0 Å². The third-order valence-electron chi connectivity index (χ3n) is 6.48. The molecular formula is C31H43F3N4O. The topological polar surface area (TPSA) is 61.0 Å². The second kappa shape index (κ2) is 16.6. The van der Waals surface area contributed by atoms with Gasteiger partial charge in [0, 0.05) is 19.8 Å². The lowest BCUT2D eigenvalue weighted by Gasteiger charge is -2.36. The highest BCUT2D eigenvalue weighted by Gasteiger charge is 2.31. The fourth-order valence-corrected chi connectivity index (χ4v) is 4.31. The number of rotatable bonds is 17. The number of alkyl halides is 3. The smallest absolute Gasteiger partial charge is 0.429 e. The third kappa shape index (κ3) is 12.8. The number of nitriles is 1. The van der Waals surface area contributed by atoms with Gasteiger partial charge in [0.05, 0.1) is 35.4 Å². The highest BCUT2D eigenvalue weighted by Crippen LogP contribution is 2.36. The number of aliphatic imine (C=N–C) groups is 2. The molecule has 1 aromatic carbocycles. The lowest BCUT2D eigenvalue weighted by molar-refractivity contribution is -0.0591. The van der Waals surface area contributed by atoms with Crippen LogP contribution in [0.15, 0.2) is 64.4 Å². The molecule has 214 valence electrons. The second-order valence-corrected chi connectivity index (χ2v) is 10.2. The van der Waals surface area contributed by atoms with Crippen molar-refractivity contribution in [1.29, 1.82) is 5.26 Å². The zero-order valence-electron chi connectivity index (χ0n) is 24.1. The predicted molar refractivity (Wildman–Crippen MR) is 157 cm³/mol. The van der Waals surface area contributed by atoms with Crippen LogP contribution in [0.5, 0.6) is 0 Å². The Labute approximate surface area is 232 Å².